The summed E-state index contributed by atoms with van der Waals surface area (Å²) in [5, 5.41) is 12.2. The number of rotatable bonds is 2. The molecule has 8 aromatic carbocycles. The van der Waals surface area contributed by atoms with Crippen LogP contribution < -0.4 is 0 Å². The van der Waals surface area contributed by atoms with Gasteiger partial charge in [0, 0.05) is 49.1 Å². The SMILES string of the molecule is Cc1ccc(-n2c3ccccc3c3c4cc5c(cc4ccc32)oc2ccc3ccc4c(c6ccccc6n4-c4ccc(C)cc4)c3c25)cc1. The molecule has 0 radical (unpaired) electrons. The fourth-order valence-corrected chi connectivity index (χ4v) is 8.37. The van der Waals surface area contributed by atoms with E-state index in [-0.39, 0.29) is 0 Å². The molecule has 0 fully saturated rings. The third-order valence-electron chi connectivity index (χ3n) is 10.6. The van der Waals surface area contributed by atoms with Crippen molar-refractivity contribution in [3.8, 4) is 11.4 Å². The summed E-state index contributed by atoms with van der Waals surface area (Å²) in [6.45, 7) is 4.28. The first kappa shape index (κ1) is 26.7. The molecule has 230 valence electrons. The lowest BCUT2D eigenvalue weighted by Crippen LogP contribution is -1.93. The van der Waals surface area contributed by atoms with Gasteiger partial charge in [-0.05, 0) is 96.7 Å². The molecule has 11 rings (SSSR count). The van der Waals surface area contributed by atoms with Crippen molar-refractivity contribution in [3.05, 3.63) is 157 Å². The van der Waals surface area contributed by atoms with E-state index >= 15 is 0 Å². The molecule has 0 amide bonds. The molecule has 0 N–H and O–H groups in total. The zero-order chi connectivity index (χ0) is 32.4. The molecule has 3 aromatic heterocycles. The Hall–Kier alpha value is -6.32. The molecule has 3 heterocycles. The van der Waals surface area contributed by atoms with Crippen molar-refractivity contribution >= 4 is 87.1 Å². The van der Waals surface area contributed by atoms with Crippen LogP contribution in [0.5, 0.6) is 0 Å². The van der Waals surface area contributed by atoms with E-state index in [1.165, 1.54) is 93.0 Å². The lowest BCUT2D eigenvalue weighted by molar-refractivity contribution is 0.670. The van der Waals surface area contributed by atoms with Gasteiger partial charge in [-0.3, -0.25) is 0 Å². The minimum atomic E-state index is 0.913. The monoisotopic (exact) mass is 626 g/mol. The summed E-state index contributed by atoms with van der Waals surface area (Å²) in [6.07, 6.45) is 0. The number of hydrogen-bond acceptors (Lipinski definition) is 1. The zero-order valence-corrected chi connectivity index (χ0v) is 27.2. The minimum absolute atomic E-state index is 0.913. The average molecular weight is 627 g/mol. The van der Waals surface area contributed by atoms with E-state index in [2.05, 4.69) is 169 Å². The van der Waals surface area contributed by atoms with E-state index in [9.17, 15) is 0 Å². The molecule has 0 saturated carbocycles. The fourth-order valence-electron chi connectivity index (χ4n) is 8.37. The van der Waals surface area contributed by atoms with Crippen LogP contribution in [0, 0.1) is 13.8 Å². The summed E-state index contributed by atoms with van der Waals surface area (Å²) in [6, 6.07) is 53.3. The van der Waals surface area contributed by atoms with E-state index in [1.54, 1.807) is 0 Å². The molecule has 49 heavy (non-hydrogen) atoms. The standard InChI is InChI=1S/C46H30N2O/c1-27-11-18-31(19-12-27)47-37-9-5-3-7-33(37)44-35-26-36-42(25-30(35)16-23-39(44)47)49-41-24-17-29-15-22-40-45(43(29)46(36)41)34-8-4-6-10-38(34)48(40)32-20-13-28(2)14-21-32/h3-26H,1-2H3. The van der Waals surface area contributed by atoms with E-state index < -0.39 is 0 Å². The van der Waals surface area contributed by atoms with Crippen molar-refractivity contribution in [2.75, 3.05) is 0 Å². The lowest BCUT2D eigenvalue weighted by Gasteiger charge is -2.09. The van der Waals surface area contributed by atoms with Gasteiger partial charge in [-0.1, -0.05) is 90.0 Å². The number of nitrogens with zero attached hydrogens (tertiary/aromatic N) is 2. The number of benzene rings is 8. The molecular formula is C46H30N2O. The Morgan fingerprint density at radius 2 is 0.918 bits per heavy atom. The summed E-state index contributed by atoms with van der Waals surface area (Å²) < 4.78 is 11.5. The van der Waals surface area contributed by atoms with Crippen LogP contribution >= 0.6 is 0 Å². The van der Waals surface area contributed by atoms with Crippen LogP contribution in [0.3, 0.4) is 0 Å². The predicted molar refractivity (Wildman–Crippen MR) is 207 cm³/mol. The molecule has 3 heteroatoms. The average Bonchev–Trinajstić information content (AvgIpc) is 3.79. The molecule has 0 aliphatic rings. The van der Waals surface area contributed by atoms with E-state index in [0.29, 0.717) is 0 Å². The first-order chi connectivity index (χ1) is 24.1. The Labute approximate surface area is 281 Å². The summed E-state index contributed by atoms with van der Waals surface area (Å²) >= 11 is 0. The molecule has 0 spiro atoms. The van der Waals surface area contributed by atoms with Crippen LogP contribution in [-0.4, -0.2) is 9.13 Å². The summed E-state index contributed by atoms with van der Waals surface area (Å²) in [5.74, 6) is 0. The highest BCUT2D eigenvalue weighted by molar-refractivity contribution is 6.33. The Bertz CT molecular complexity index is 3150. The van der Waals surface area contributed by atoms with Crippen molar-refractivity contribution < 1.29 is 4.42 Å². The van der Waals surface area contributed by atoms with Crippen molar-refractivity contribution in [2.45, 2.75) is 13.8 Å². The summed E-state index contributed by atoms with van der Waals surface area (Å²) in [5.41, 5.74) is 11.5. The third kappa shape index (κ3) is 3.62. The van der Waals surface area contributed by atoms with Gasteiger partial charge in [0.25, 0.3) is 0 Å². The maximum Gasteiger partial charge on any atom is 0.136 e. The van der Waals surface area contributed by atoms with Gasteiger partial charge in [0.1, 0.15) is 11.2 Å². The Morgan fingerprint density at radius 3 is 1.57 bits per heavy atom. The van der Waals surface area contributed by atoms with Crippen LogP contribution in [0.4, 0.5) is 0 Å². The number of aryl methyl sites for hydroxylation is 2. The lowest BCUT2D eigenvalue weighted by atomic mass is 9.96. The fraction of sp³-hybridized carbons (Fsp3) is 0.0435. The van der Waals surface area contributed by atoms with Gasteiger partial charge in [-0.2, -0.15) is 0 Å². The van der Waals surface area contributed by atoms with Gasteiger partial charge in [0.15, 0.2) is 0 Å². The highest BCUT2D eigenvalue weighted by atomic mass is 16.3. The van der Waals surface area contributed by atoms with Crippen molar-refractivity contribution in [1.29, 1.82) is 0 Å². The van der Waals surface area contributed by atoms with Gasteiger partial charge in [-0.15, -0.1) is 0 Å². The van der Waals surface area contributed by atoms with Crippen molar-refractivity contribution in [1.82, 2.24) is 9.13 Å². The van der Waals surface area contributed by atoms with Gasteiger partial charge in [0.2, 0.25) is 0 Å². The number of aromatic nitrogens is 2. The number of hydrogen-bond donors (Lipinski definition) is 0. The predicted octanol–water partition coefficient (Wildman–Crippen LogP) is 12.7. The third-order valence-corrected chi connectivity index (χ3v) is 10.6. The maximum atomic E-state index is 6.71. The summed E-state index contributed by atoms with van der Waals surface area (Å²) in [4.78, 5) is 0. The molecule has 0 aliphatic heterocycles. The molecule has 0 aliphatic carbocycles. The van der Waals surface area contributed by atoms with E-state index in [4.69, 9.17) is 4.42 Å². The minimum Gasteiger partial charge on any atom is -0.456 e. The van der Waals surface area contributed by atoms with Gasteiger partial charge in [-0.25, -0.2) is 0 Å². The van der Waals surface area contributed by atoms with Crippen molar-refractivity contribution in [3.63, 3.8) is 0 Å². The molecule has 0 atom stereocenters. The second-order valence-electron chi connectivity index (χ2n) is 13.5. The largest absolute Gasteiger partial charge is 0.456 e. The van der Waals surface area contributed by atoms with Crippen molar-refractivity contribution in [2.24, 2.45) is 0 Å². The molecule has 0 unspecified atom stereocenters. The maximum absolute atomic E-state index is 6.71. The summed E-state index contributed by atoms with van der Waals surface area (Å²) in [7, 11) is 0. The molecule has 0 saturated heterocycles. The Kier molecular flexibility index (Phi) is 5.24. The van der Waals surface area contributed by atoms with E-state index in [1.807, 2.05) is 0 Å². The van der Waals surface area contributed by atoms with Crippen LogP contribution in [0.1, 0.15) is 11.1 Å². The number of furan rings is 1. The van der Waals surface area contributed by atoms with Crippen LogP contribution in [-0.2, 0) is 0 Å². The highest BCUT2D eigenvalue weighted by Crippen LogP contribution is 2.45. The Morgan fingerprint density at radius 1 is 0.367 bits per heavy atom. The second kappa shape index (κ2) is 9.62. The van der Waals surface area contributed by atoms with Gasteiger partial charge >= 0.3 is 0 Å². The number of para-hydroxylation sites is 2. The quantitative estimate of drug-likeness (QED) is 0.187. The first-order valence-electron chi connectivity index (χ1n) is 16.9. The Balaban J connectivity index is 1.30. The van der Waals surface area contributed by atoms with Crippen LogP contribution in [0.2, 0.25) is 0 Å². The first-order valence-corrected chi connectivity index (χ1v) is 16.9. The second-order valence-corrected chi connectivity index (χ2v) is 13.5. The molecule has 0 bridgehead atoms. The van der Waals surface area contributed by atoms with Crippen LogP contribution in [0.25, 0.3) is 98.5 Å². The van der Waals surface area contributed by atoms with E-state index in [0.717, 1.165) is 16.6 Å². The van der Waals surface area contributed by atoms with Gasteiger partial charge < -0.3 is 13.6 Å². The molecular weight excluding hydrogens is 597 g/mol. The van der Waals surface area contributed by atoms with Crippen LogP contribution in [0.15, 0.2) is 150 Å². The highest BCUT2D eigenvalue weighted by Gasteiger charge is 2.21. The number of fused-ring (bicyclic) bond motifs is 14. The molecule has 3 nitrogen and oxygen atoms in total. The topological polar surface area (TPSA) is 23.0 Å². The molecule has 11 aromatic rings. The van der Waals surface area contributed by atoms with Gasteiger partial charge in [0.05, 0.1) is 22.1 Å². The zero-order valence-electron chi connectivity index (χ0n) is 27.2. The smallest absolute Gasteiger partial charge is 0.136 e. The normalized spacial score (nSPS) is 12.3.